The Kier molecular flexibility index (Phi) is 5.40. The van der Waals surface area contributed by atoms with Crippen LogP contribution in [0.5, 0.6) is 5.75 Å². The number of thioether (sulfide) groups is 1. The third-order valence-electron chi connectivity index (χ3n) is 2.41. The molecule has 0 amide bonds. The number of rotatable bonds is 5. The molecule has 0 spiro atoms. The van der Waals surface area contributed by atoms with E-state index in [1.165, 1.54) is 23.9 Å². The number of hydrogen-bond acceptors (Lipinski definition) is 3. The van der Waals surface area contributed by atoms with E-state index in [9.17, 15) is 4.39 Å². The fourth-order valence-electron chi connectivity index (χ4n) is 1.59. The molecular formula is C14H12Cl2FNOS. The second-order valence-electron chi connectivity index (χ2n) is 3.97. The van der Waals surface area contributed by atoms with Crippen LogP contribution in [-0.2, 0) is 0 Å². The van der Waals surface area contributed by atoms with Gasteiger partial charge in [-0.25, -0.2) is 4.39 Å². The number of benzene rings is 2. The van der Waals surface area contributed by atoms with Gasteiger partial charge in [0.15, 0.2) is 5.75 Å². The molecule has 2 nitrogen and oxygen atoms in total. The Morgan fingerprint density at radius 1 is 1.15 bits per heavy atom. The summed E-state index contributed by atoms with van der Waals surface area (Å²) in [6.07, 6.45) is 0. The summed E-state index contributed by atoms with van der Waals surface area (Å²) in [6, 6.07) is 9.61. The number of nitrogen functional groups attached to an aromatic ring is 1. The van der Waals surface area contributed by atoms with Crippen molar-refractivity contribution < 1.29 is 9.13 Å². The average Bonchev–Trinajstić information content (AvgIpc) is 2.36. The molecule has 0 aliphatic carbocycles. The highest BCUT2D eigenvalue weighted by Gasteiger charge is 2.06. The maximum absolute atomic E-state index is 13.1. The summed E-state index contributed by atoms with van der Waals surface area (Å²) in [7, 11) is 0. The van der Waals surface area contributed by atoms with Crippen LogP contribution in [-0.4, -0.2) is 12.4 Å². The summed E-state index contributed by atoms with van der Waals surface area (Å²) < 4.78 is 18.7. The van der Waals surface area contributed by atoms with E-state index >= 15 is 0 Å². The van der Waals surface area contributed by atoms with E-state index < -0.39 is 0 Å². The number of nitrogens with two attached hydrogens (primary N) is 1. The second kappa shape index (κ2) is 7.07. The Labute approximate surface area is 131 Å². The van der Waals surface area contributed by atoms with Crippen LogP contribution in [0.4, 0.5) is 10.1 Å². The molecule has 20 heavy (non-hydrogen) atoms. The van der Waals surface area contributed by atoms with Gasteiger partial charge < -0.3 is 10.5 Å². The van der Waals surface area contributed by atoms with Crippen molar-refractivity contribution in [3.8, 4) is 5.75 Å². The first-order chi connectivity index (χ1) is 9.56. The highest BCUT2D eigenvalue weighted by atomic mass is 35.5. The lowest BCUT2D eigenvalue weighted by atomic mass is 10.3. The van der Waals surface area contributed by atoms with Crippen LogP contribution < -0.4 is 10.5 Å². The SMILES string of the molecule is Nc1cc(F)cc(SCCOc2c(Cl)cccc2Cl)c1. The molecule has 0 aliphatic heterocycles. The van der Waals surface area contributed by atoms with Crippen molar-refractivity contribution in [1.29, 1.82) is 0 Å². The van der Waals surface area contributed by atoms with Gasteiger partial charge in [0.05, 0.1) is 16.7 Å². The Morgan fingerprint density at radius 2 is 1.85 bits per heavy atom. The standard InChI is InChI=1S/C14H12Cl2FNOS/c15-12-2-1-3-13(16)14(12)19-4-5-20-11-7-9(17)6-10(18)8-11/h1-3,6-8H,4-5,18H2. The molecule has 0 radical (unpaired) electrons. The van der Waals surface area contributed by atoms with Crippen LogP contribution in [0, 0.1) is 5.82 Å². The van der Waals surface area contributed by atoms with Gasteiger partial charge in [-0.3, -0.25) is 0 Å². The molecule has 6 heteroatoms. The van der Waals surface area contributed by atoms with E-state index in [2.05, 4.69) is 0 Å². The maximum Gasteiger partial charge on any atom is 0.156 e. The van der Waals surface area contributed by atoms with Gasteiger partial charge in [0.1, 0.15) is 5.82 Å². The third kappa shape index (κ3) is 4.20. The molecule has 2 aromatic carbocycles. The zero-order valence-electron chi connectivity index (χ0n) is 10.4. The topological polar surface area (TPSA) is 35.2 Å². The molecule has 2 N–H and O–H groups in total. The molecule has 0 aliphatic rings. The molecule has 0 fully saturated rings. The Bertz CT molecular complexity index is 569. The first kappa shape index (κ1) is 15.3. The summed E-state index contributed by atoms with van der Waals surface area (Å²) in [5.74, 6) is 0.752. The van der Waals surface area contributed by atoms with Crippen molar-refractivity contribution in [2.24, 2.45) is 0 Å². The Morgan fingerprint density at radius 3 is 2.50 bits per heavy atom. The van der Waals surface area contributed by atoms with Gasteiger partial charge in [0, 0.05) is 16.3 Å². The van der Waals surface area contributed by atoms with E-state index in [1.807, 2.05) is 0 Å². The van der Waals surface area contributed by atoms with Gasteiger partial charge >= 0.3 is 0 Å². The first-order valence-corrected chi connectivity index (χ1v) is 7.56. The second-order valence-corrected chi connectivity index (χ2v) is 5.95. The third-order valence-corrected chi connectivity index (χ3v) is 3.95. The Hall–Kier alpha value is -1.10. The normalized spacial score (nSPS) is 10.6. The minimum absolute atomic E-state index is 0.345. The molecule has 0 heterocycles. The number of hydrogen-bond donors (Lipinski definition) is 1. The largest absolute Gasteiger partial charge is 0.490 e. The van der Waals surface area contributed by atoms with E-state index in [0.29, 0.717) is 33.8 Å². The molecule has 2 rings (SSSR count). The van der Waals surface area contributed by atoms with Crippen LogP contribution in [0.3, 0.4) is 0 Å². The molecular weight excluding hydrogens is 320 g/mol. The fraction of sp³-hybridized carbons (Fsp3) is 0.143. The highest BCUT2D eigenvalue weighted by molar-refractivity contribution is 7.99. The van der Waals surface area contributed by atoms with Crippen molar-refractivity contribution >= 4 is 40.7 Å². The monoisotopic (exact) mass is 331 g/mol. The quantitative estimate of drug-likeness (QED) is 0.481. The minimum atomic E-state index is -0.345. The van der Waals surface area contributed by atoms with E-state index in [1.54, 1.807) is 24.3 Å². The lowest BCUT2D eigenvalue weighted by Gasteiger charge is -2.09. The summed E-state index contributed by atoms with van der Waals surface area (Å²) in [5, 5.41) is 0.940. The number of para-hydroxylation sites is 1. The average molecular weight is 332 g/mol. The Balaban J connectivity index is 1.88. The van der Waals surface area contributed by atoms with E-state index in [0.717, 1.165) is 4.90 Å². The number of halogens is 3. The molecule has 0 saturated carbocycles. The van der Waals surface area contributed by atoms with Crippen molar-refractivity contribution in [3.05, 3.63) is 52.3 Å². The van der Waals surface area contributed by atoms with Crippen LogP contribution in [0.1, 0.15) is 0 Å². The van der Waals surface area contributed by atoms with Gasteiger partial charge in [0.2, 0.25) is 0 Å². The molecule has 0 aromatic heterocycles. The van der Waals surface area contributed by atoms with Crippen LogP contribution in [0.2, 0.25) is 10.0 Å². The van der Waals surface area contributed by atoms with Gasteiger partial charge in [-0.2, -0.15) is 0 Å². The predicted molar refractivity (Wildman–Crippen MR) is 83.5 cm³/mol. The lowest BCUT2D eigenvalue weighted by molar-refractivity contribution is 0.344. The van der Waals surface area contributed by atoms with Crippen molar-refractivity contribution in [1.82, 2.24) is 0 Å². The van der Waals surface area contributed by atoms with Crippen molar-refractivity contribution in [2.75, 3.05) is 18.1 Å². The summed E-state index contributed by atoms with van der Waals surface area (Å²) in [4.78, 5) is 0.761. The van der Waals surface area contributed by atoms with Crippen LogP contribution in [0.15, 0.2) is 41.3 Å². The first-order valence-electron chi connectivity index (χ1n) is 5.82. The van der Waals surface area contributed by atoms with Crippen molar-refractivity contribution in [2.45, 2.75) is 4.90 Å². The lowest BCUT2D eigenvalue weighted by Crippen LogP contribution is -2.01. The van der Waals surface area contributed by atoms with Crippen LogP contribution in [0.25, 0.3) is 0 Å². The van der Waals surface area contributed by atoms with E-state index in [-0.39, 0.29) is 5.82 Å². The molecule has 0 saturated heterocycles. The van der Waals surface area contributed by atoms with Gasteiger partial charge in [-0.05, 0) is 30.3 Å². The maximum atomic E-state index is 13.1. The zero-order valence-corrected chi connectivity index (χ0v) is 12.7. The van der Waals surface area contributed by atoms with Crippen molar-refractivity contribution in [3.63, 3.8) is 0 Å². The summed E-state index contributed by atoms with van der Waals surface area (Å²) in [5.41, 5.74) is 5.98. The zero-order chi connectivity index (χ0) is 14.5. The molecule has 106 valence electrons. The van der Waals surface area contributed by atoms with E-state index in [4.69, 9.17) is 33.7 Å². The number of ether oxygens (including phenoxy) is 1. The molecule has 0 atom stereocenters. The molecule has 0 bridgehead atoms. The smallest absolute Gasteiger partial charge is 0.156 e. The number of anilines is 1. The van der Waals surface area contributed by atoms with Gasteiger partial charge in [-0.15, -0.1) is 11.8 Å². The fourth-order valence-corrected chi connectivity index (χ4v) is 2.92. The van der Waals surface area contributed by atoms with Crippen LogP contribution >= 0.6 is 35.0 Å². The summed E-state index contributed by atoms with van der Waals surface area (Å²) >= 11 is 13.4. The molecule has 2 aromatic rings. The highest BCUT2D eigenvalue weighted by Crippen LogP contribution is 2.32. The van der Waals surface area contributed by atoms with Gasteiger partial charge in [0.25, 0.3) is 0 Å². The molecule has 0 unspecified atom stereocenters. The summed E-state index contributed by atoms with van der Waals surface area (Å²) in [6.45, 7) is 0.407. The van der Waals surface area contributed by atoms with Gasteiger partial charge in [-0.1, -0.05) is 29.3 Å². The minimum Gasteiger partial charge on any atom is -0.490 e. The predicted octanol–water partition coefficient (Wildman–Crippen LogP) is 4.89.